The van der Waals surface area contributed by atoms with Crippen molar-refractivity contribution in [1.82, 2.24) is 4.98 Å². The first kappa shape index (κ1) is 19.0. The summed E-state index contributed by atoms with van der Waals surface area (Å²) < 4.78 is 4.91. The fraction of sp³-hybridized carbons (Fsp3) is 0.150. The number of ether oxygens (including phenoxy) is 1. The molecule has 5 nitrogen and oxygen atoms in total. The number of anilines is 2. The fourth-order valence-electron chi connectivity index (χ4n) is 2.54. The first-order valence-corrected chi connectivity index (χ1v) is 9.54. The van der Waals surface area contributed by atoms with E-state index >= 15 is 0 Å². The number of esters is 1. The average molecular weight is 398 g/mol. The number of nitrogens with one attached hydrogen (secondary N) is 2. The second-order valence-corrected chi connectivity index (χ2v) is 7.40. The lowest BCUT2D eigenvalue weighted by Crippen LogP contribution is -2.21. The monoisotopic (exact) mass is 397 g/mol. The molecule has 27 heavy (non-hydrogen) atoms. The van der Waals surface area contributed by atoms with Crippen LogP contribution in [0.1, 0.15) is 26.4 Å². The molecule has 0 fully saturated rings. The van der Waals surface area contributed by atoms with E-state index in [-0.39, 0.29) is 0 Å². The normalized spacial score (nSPS) is 10.3. The van der Waals surface area contributed by atoms with Gasteiger partial charge in [-0.1, -0.05) is 36.4 Å². The summed E-state index contributed by atoms with van der Waals surface area (Å²) in [6.45, 7) is 1.95. The average Bonchev–Trinajstić information content (AvgIpc) is 3.05. The number of aromatic nitrogens is 1. The third-order valence-electron chi connectivity index (χ3n) is 3.88. The van der Waals surface area contributed by atoms with Crippen molar-refractivity contribution in [2.45, 2.75) is 13.3 Å². The number of carbonyl (C=O) groups is 1. The minimum atomic E-state index is -0.398. The lowest BCUT2D eigenvalue weighted by molar-refractivity contribution is 0.0602. The zero-order chi connectivity index (χ0) is 19.2. The van der Waals surface area contributed by atoms with Crippen molar-refractivity contribution in [3.05, 3.63) is 76.3 Å². The Morgan fingerprint density at radius 2 is 1.96 bits per heavy atom. The molecule has 0 radical (unpaired) electrons. The van der Waals surface area contributed by atoms with Crippen LogP contribution in [0.15, 0.2) is 54.7 Å². The minimum absolute atomic E-state index is 0.370. The Balaban J connectivity index is 1.79. The number of pyridine rings is 1. The maximum absolute atomic E-state index is 12.2. The predicted octanol–water partition coefficient (Wildman–Crippen LogP) is 4.64. The van der Waals surface area contributed by atoms with Gasteiger partial charge in [-0.05, 0) is 42.4 Å². The van der Waals surface area contributed by atoms with E-state index in [0.29, 0.717) is 21.5 Å². The Hall–Kier alpha value is -2.77. The number of methoxy groups -OCH3 is 1. The summed E-state index contributed by atoms with van der Waals surface area (Å²) in [5.41, 5.74) is 2.62. The van der Waals surface area contributed by atoms with E-state index < -0.39 is 5.97 Å². The van der Waals surface area contributed by atoms with Crippen molar-refractivity contribution in [3.63, 3.8) is 0 Å². The summed E-state index contributed by atoms with van der Waals surface area (Å²) in [5.74, 6) is 0.278. The van der Waals surface area contributed by atoms with Crippen LogP contribution in [0.5, 0.6) is 0 Å². The van der Waals surface area contributed by atoms with Gasteiger partial charge in [0, 0.05) is 17.5 Å². The summed E-state index contributed by atoms with van der Waals surface area (Å²) in [6.07, 6.45) is 2.43. The molecule has 0 unspecified atom stereocenters. The lowest BCUT2D eigenvalue weighted by atomic mass is 10.1. The first-order valence-electron chi connectivity index (χ1n) is 8.31. The number of thiophene rings is 1. The molecular weight excluding hydrogens is 378 g/mol. The molecule has 2 N–H and O–H groups in total. The van der Waals surface area contributed by atoms with Crippen molar-refractivity contribution >= 4 is 45.5 Å². The molecule has 2 aromatic heterocycles. The molecule has 0 bridgehead atoms. The smallest absolute Gasteiger partial charge is 0.340 e. The van der Waals surface area contributed by atoms with Crippen LogP contribution in [-0.2, 0) is 11.2 Å². The Bertz CT molecular complexity index is 955. The molecule has 1 aromatic carbocycles. The number of benzene rings is 1. The predicted molar refractivity (Wildman–Crippen MR) is 114 cm³/mol. The van der Waals surface area contributed by atoms with E-state index in [1.54, 1.807) is 6.20 Å². The van der Waals surface area contributed by atoms with Crippen LogP contribution >= 0.6 is 23.6 Å². The number of hydrogen-bond donors (Lipinski definition) is 2. The molecule has 0 saturated carbocycles. The van der Waals surface area contributed by atoms with Gasteiger partial charge in [0.15, 0.2) is 5.11 Å². The molecule has 0 aliphatic carbocycles. The summed E-state index contributed by atoms with van der Waals surface area (Å²) in [4.78, 5) is 17.5. The van der Waals surface area contributed by atoms with Crippen LogP contribution in [0.25, 0.3) is 0 Å². The van der Waals surface area contributed by atoms with E-state index in [2.05, 4.69) is 27.8 Å². The van der Waals surface area contributed by atoms with Crippen molar-refractivity contribution in [3.8, 4) is 0 Å². The minimum Gasteiger partial charge on any atom is -0.465 e. The van der Waals surface area contributed by atoms with Gasteiger partial charge in [-0.25, -0.2) is 9.78 Å². The molecular formula is C20H19N3O2S2. The third-order valence-corrected chi connectivity index (χ3v) is 5.13. The fourth-order valence-corrected chi connectivity index (χ4v) is 3.89. The molecule has 0 aliphatic rings. The van der Waals surface area contributed by atoms with Crippen molar-refractivity contribution in [2.75, 3.05) is 17.7 Å². The summed E-state index contributed by atoms with van der Waals surface area (Å²) >= 11 is 6.87. The zero-order valence-electron chi connectivity index (χ0n) is 15.0. The van der Waals surface area contributed by atoms with Gasteiger partial charge in [0.1, 0.15) is 10.8 Å². The van der Waals surface area contributed by atoms with Gasteiger partial charge in [0.25, 0.3) is 0 Å². The van der Waals surface area contributed by atoms with E-state index in [1.165, 1.54) is 24.0 Å². The molecule has 3 aromatic rings. The van der Waals surface area contributed by atoms with Crippen LogP contribution in [0.2, 0.25) is 0 Å². The Kier molecular flexibility index (Phi) is 6.16. The molecule has 7 heteroatoms. The first-order chi connectivity index (χ1) is 13.1. The molecule has 0 atom stereocenters. The van der Waals surface area contributed by atoms with Gasteiger partial charge in [-0.15, -0.1) is 11.3 Å². The van der Waals surface area contributed by atoms with Gasteiger partial charge >= 0.3 is 5.97 Å². The summed E-state index contributed by atoms with van der Waals surface area (Å²) in [6, 6.07) is 15.7. The highest BCUT2D eigenvalue weighted by Gasteiger charge is 2.18. The second-order valence-electron chi connectivity index (χ2n) is 5.86. The highest BCUT2D eigenvalue weighted by Crippen LogP contribution is 2.30. The van der Waals surface area contributed by atoms with Gasteiger partial charge < -0.3 is 15.4 Å². The Labute approximate surface area is 167 Å². The third kappa shape index (κ3) is 4.90. The number of rotatable bonds is 5. The standard InChI is InChI=1S/C20H19N3O2S2/c1-13-7-6-10-21-17(13)22-20(26)23-18-16(19(24)25-2)12-15(27-18)11-14-8-4-3-5-9-14/h3-10,12H,11H2,1-2H3,(H2,21,22,23,26). The van der Waals surface area contributed by atoms with Crippen LogP contribution < -0.4 is 10.6 Å². The van der Waals surface area contributed by atoms with E-state index in [4.69, 9.17) is 17.0 Å². The van der Waals surface area contributed by atoms with Gasteiger partial charge in [0.05, 0.1) is 12.7 Å². The van der Waals surface area contributed by atoms with E-state index in [0.717, 1.165) is 16.9 Å². The molecule has 0 saturated heterocycles. The Morgan fingerprint density at radius 1 is 1.19 bits per heavy atom. The molecule has 2 heterocycles. The van der Waals surface area contributed by atoms with E-state index in [9.17, 15) is 4.79 Å². The van der Waals surface area contributed by atoms with Crippen LogP contribution in [-0.4, -0.2) is 23.2 Å². The molecule has 0 spiro atoms. The van der Waals surface area contributed by atoms with Gasteiger partial charge in [-0.2, -0.15) is 0 Å². The summed E-state index contributed by atoms with van der Waals surface area (Å²) in [5, 5.41) is 7.19. The highest BCUT2D eigenvalue weighted by atomic mass is 32.1. The quantitative estimate of drug-likeness (QED) is 0.483. The molecule has 0 aliphatic heterocycles. The highest BCUT2D eigenvalue weighted by molar-refractivity contribution is 7.80. The summed E-state index contributed by atoms with van der Waals surface area (Å²) in [7, 11) is 1.37. The van der Waals surface area contributed by atoms with Gasteiger partial charge in [-0.3, -0.25) is 0 Å². The number of thiocarbonyl (C=S) groups is 1. The number of aryl methyl sites for hydroxylation is 1. The zero-order valence-corrected chi connectivity index (χ0v) is 16.6. The van der Waals surface area contributed by atoms with Crippen molar-refractivity contribution < 1.29 is 9.53 Å². The van der Waals surface area contributed by atoms with Crippen molar-refractivity contribution in [1.29, 1.82) is 0 Å². The molecule has 138 valence electrons. The topological polar surface area (TPSA) is 63.2 Å². The lowest BCUT2D eigenvalue weighted by Gasteiger charge is -2.11. The largest absolute Gasteiger partial charge is 0.465 e. The maximum atomic E-state index is 12.2. The van der Waals surface area contributed by atoms with Crippen LogP contribution in [0, 0.1) is 6.92 Å². The van der Waals surface area contributed by atoms with Crippen LogP contribution in [0.3, 0.4) is 0 Å². The van der Waals surface area contributed by atoms with Crippen LogP contribution in [0.4, 0.5) is 10.8 Å². The second kappa shape index (κ2) is 8.75. The Morgan fingerprint density at radius 3 is 2.67 bits per heavy atom. The van der Waals surface area contributed by atoms with E-state index in [1.807, 2.05) is 43.3 Å². The van der Waals surface area contributed by atoms with Crippen molar-refractivity contribution in [2.24, 2.45) is 0 Å². The molecule has 0 amide bonds. The SMILES string of the molecule is COC(=O)c1cc(Cc2ccccc2)sc1NC(=S)Nc1ncccc1C. The maximum Gasteiger partial charge on any atom is 0.340 e. The number of hydrogen-bond acceptors (Lipinski definition) is 5. The van der Waals surface area contributed by atoms with Gasteiger partial charge in [0.2, 0.25) is 0 Å². The number of nitrogens with zero attached hydrogens (tertiary/aromatic N) is 1. The molecule has 3 rings (SSSR count). The number of carbonyl (C=O) groups excluding carboxylic acids is 1.